The Balaban J connectivity index is 1.55. The predicted octanol–water partition coefficient (Wildman–Crippen LogP) is 4.22. The van der Waals surface area contributed by atoms with Crippen molar-refractivity contribution in [2.24, 2.45) is 17.8 Å². The Morgan fingerprint density at radius 1 is 1.16 bits per heavy atom. The van der Waals surface area contributed by atoms with E-state index < -0.39 is 0 Å². The summed E-state index contributed by atoms with van der Waals surface area (Å²) in [6.45, 7) is 7.81. The molecule has 104 valence electrons. The Hall–Kier alpha value is -0.820. The standard InChI is InChI=1S/C18H27N/c1-12-4-5-16(8-13(12)2)11-19-14(3)18-10-15-6-7-17(18)9-15/h4-5,8,14-15,17-19H,6-7,9-11H2,1-3H3. The normalized spacial score (nSPS) is 30.8. The maximum Gasteiger partial charge on any atom is 0.0208 e. The molecule has 3 rings (SSSR count). The van der Waals surface area contributed by atoms with Crippen molar-refractivity contribution in [2.75, 3.05) is 0 Å². The minimum absolute atomic E-state index is 0.678. The van der Waals surface area contributed by atoms with Crippen LogP contribution in [0.4, 0.5) is 0 Å². The van der Waals surface area contributed by atoms with Gasteiger partial charge in [0, 0.05) is 12.6 Å². The first-order valence-electron chi connectivity index (χ1n) is 7.93. The summed E-state index contributed by atoms with van der Waals surface area (Å²) in [6.07, 6.45) is 5.99. The Bertz CT molecular complexity index is 451. The van der Waals surface area contributed by atoms with E-state index in [1.165, 1.54) is 42.4 Å². The molecule has 2 saturated carbocycles. The van der Waals surface area contributed by atoms with Gasteiger partial charge in [0.25, 0.3) is 0 Å². The second-order valence-electron chi connectivity index (χ2n) is 6.93. The predicted molar refractivity (Wildman–Crippen MR) is 81.2 cm³/mol. The highest BCUT2D eigenvalue weighted by molar-refractivity contribution is 5.29. The van der Waals surface area contributed by atoms with Gasteiger partial charge < -0.3 is 5.32 Å². The Kier molecular flexibility index (Phi) is 3.66. The third-order valence-corrected chi connectivity index (χ3v) is 5.63. The fourth-order valence-corrected chi connectivity index (χ4v) is 4.25. The maximum absolute atomic E-state index is 3.77. The second-order valence-corrected chi connectivity index (χ2v) is 6.93. The molecule has 2 fully saturated rings. The average Bonchev–Trinajstić information content (AvgIpc) is 3.02. The first-order valence-corrected chi connectivity index (χ1v) is 7.93. The molecule has 0 aromatic heterocycles. The monoisotopic (exact) mass is 257 g/mol. The molecule has 1 aromatic carbocycles. The van der Waals surface area contributed by atoms with Gasteiger partial charge in [-0.1, -0.05) is 24.6 Å². The van der Waals surface area contributed by atoms with Crippen molar-refractivity contribution in [3.8, 4) is 0 Å². The lowest BCUT2D eigenvalue weighted by atomic mass is 9.84. The highest BCUT2D eigenvalue weighted by Gasteiger charge is 2.41. The minimum atomic E-state index is 0.678. The molecule has 1 nitrogen and oxygen atoms in total. The van der Waals surface area contributed by atoms with Gasteiger partial charge in [-0.15, -0.1) is 0 Å². The molecule has 0 aliphatic heterocycles. The number of rotatable bonds is 4. The number of aryl methyl sites for hydroxylation is 2. The molecule has 19 heavy (non-hydrogen) atoms. The Morgan fingerprint density at radius 2 is 2.00 bits per heavy atom. The van der Waals surface area contributed by atoms with Gasteiger partial charge >= 0.3 is 0 Å². The summed E-state index contributed by atoms with van der Waals surface area (Å²) < 4.78 is 0. The van der Waals surface area contributed by atoms with Crippen molar-refractivity contribution in [1.82, 2.24) is 5.32 Å². The highest BCUT2D eigenvalue weighted by atomic mass is 14.9. The second kappa shape index (κ2) is 5.28. The van der Waals surface area contributed by atoms with E-state index in [9.17, 15) is 0 Å². The molecule has 0 spiro atoms. The van der Waals surface area contributed by atoms with Crippen molar-refractivity contribution in [3.05, 3.63) is 34.9 Å². The molecule has 1 heteroatoms. The summed E-state index contributed by atoms with van der Waals surface area (Å²) in [6, 6.07) is 7.52. The lowest BCUT2D eigenvalue weighted by molar-refractivity contribution is 0.259. The summed E-state index contributed by atoms with van der Waals surface area (Å²) in [4.78, 5) is 0. The highest BCUT2D eigenvalue weighted by Crippen LogP contribution is 2.49. The third kappa shape index (κ3) is 2.72. The molecular formula is C18H27N. The Labute approximate surface area is 117 Å². The van der Waals surface area contributed by atoms with Crippen LogP contribution in [-0.4, -0.2) is 6.04 Å². The average molecular weight is 257 g/mol. The van der Waals surface area contributed by atoms with Crippen LogP contribution < -0.4 is 5.32 Å². The fraction of sp³-hybridized carbons (Fsp3) is 0.667. The molecule has 0 amide bonds. The van der Waals surface area contributed by atoms with Gasteiger partial charge in [-0.3, -0.25) is 0 Å². The van der Waals surface area contributed by atoms with Crippen LogP contribution in [0.15, 0.2) is 18.2 Å². The fourth-order valence-electron chi connectivity index (χ4n) is 4.25. The van der Waals surface area contributed by atoms with Crippen LogP contribution in [0.2, 0.25) is 0 Å². The lowest BCUT2D eigenvalue weighted by Crippen LogP contribution is -2.35. The van der Waals surface area contributed by atoms with Gasteiger partial charge in [0.15, 0.2) is 0 Å². The molecule has 0 radical (unpaired) electrons. The summed E-state index contributed by atoms with van der Waals surface area (Å²) in [5.41, 5.74) is 4.23. The van der Waals surface area contributed by atoms with E-state index in [1.807, 2.05) is 0 Å². The number of hydrogen-bond donors (Lipinski definition) is 1. The number of nitrogens with one attached hydrogen (secondary N) is 1. The van der Waals surface area contributed by atoms with Crippen LogP contribution in [0.25, 0.3) is 0 Å². The van der Waals surface area contributed by atoms with E-state index in [0.717, 1.165) is 24.3 Å². The molecular weight excluding hydrogens is 230 g/mol. The molecule has 2 aliphatic carbocycles. The Morgan fingerprint density at radius 3 is 2.63 bits per heavy atom. The zero-order valence-electron chi connectivity index (χ0n) is 12.6. The molecule has 1 aromatic rings. The van der Waals surface area contributed by atoms with E-state index >= 15 is 0 Å². The van der Waals surface area contributed by atoms with Gasteiger partial charge in [0.2, 0.25) is 0 Å². The molecule has 4 atom stereocenters. The van der Waals surface area contributed by atoms with E-state index in [1.54, 1.807) is 0 Å². The number of hydrogen-bond acceptors (Lipinski definition) is 1. The van der Waals surface area contributed by atoms with Crippen LogP contribution in [0.5, 0.6) is 0 Å². The van der Waals surface area contributed by atoms with Crippen LogP contribution in [0.1, 0.15) is 49.3 Å². The smallest absolute Gasteiger partial charge is 0.0208 e. The van der Waals surface area contributed by atoms with Gasteiger partial charge in [0.1, 0.15) is 0 Å². The minimum Gasteiger partial charge on any atom is -0.310 e. The number of benzene rings is 1. The summed E-state index contributed by atoms with van der Waals surface area (Å²) in [5.74, 6) is 3.01. The van der Waals surface area contributed by atoms with Gasteiger partial charge in [-0.25, -0.2) is 0 Å². The van der Waals surface area contributed by atoms with Crippen molar-refractivity contribution in [3.63, 3.8) is 0 Å². The number of fused-ring (bicyclic) bond motifs is 2. The third-order valence-electron chi connectivity index (χ3n) is 5.63. The van der Waals surface area contributed by atoms with Gasteiger partial charge in [0.05, 0.1) is 0 Å². The molecule has 4 unspecified atom stereocenters. The van der Waals surface area contributed by atoms with Crippen LogP contribution in [0.3, 0.4) is 0 Å². The molecule has 1 N–H and O–H groups in total. The molecule has 2 aliphatic rings. The van der Waals surface area contributed by atoms with Crippen molar-refractivity contribution in [1.29, 1.82) is 0 Å². The van der Waals surface area contributed by atoms with Gasteiger partial charge in [-0.2, -0.15) is 0 Å². The molecule has 2 bridgehead atoms. The maximum atomic E-state index is 3.77. The van der Waals surface area contributed by atoms with E-state index in [0.29, 0.717) is 6.04 Å². The molecule has 0 heterocycles. The van der Waals surface area contributed by atoms with E-state index in [4.69, 9.17) is 0 Å². The SMILES string of the molecule is Cc1ccc(CNC(C)C2CC3CCC2C3)cc1C. The topological polar surface area (TPSA) is 12.0 Å². The molecule has 0 saturated heterocycles. The first-order chi connectivity index (χ1) is 9.13. The van der Waals surface area contributed by atoms with Crippen LogP contribution in [0, 0.1) is 31.6 Å². The summed E-state index contributed by atoms with van der Waals surface area (Å²) in [5, 5.41) is 3.77. The lowest BCUT2D eigenvalue weighted by Gasteiger charge is -2.28. The quantitative estimate of drug-likeness (QED) is 0.851. The van der Waals surface area contributed by atoms with Crippen LogP contribution in [-0.2, 0) is 6.54 Å². The van der Waals surface area contributed by atoms with Crippen LogP contribution >= 0.6 is 0 Å². The first kappa shape index (κ1) is 13.2. The zero-order valence-corrected chi connectivity index (χ0v) is 12.6. The largest absolute Gasteiger partial charge is 0.310 e. The van der Waals surface area contributed by atoms with Gasteiger partial charge in [-0.05, 0) is 74.5 Å². The van der Waals surface area contributed by atoms with Crippen molar-refractivity contribution >= 4 is 0 Å². The van der Waals surface area contributed by atoms with E-state index in [2.05, 4.69) is 44.3 Å². The van der Waals surface area contributed by atoms with Crippen molar-refractivity contribution in [2.45, 2.75) is 59.0 Å². The van der Waals surface area contributed by atoms with Crippen molar-refractivity contribution < 1.29 is 0 Å². The summed E-state index contributed by atoms with van der Waals surface area (Å²) in [7, 11) is 0. The zero-order chi connectivity index (χ0) is 13.4. The van der Waals surface area contributed by atoms with E-state index in [-0.39, 0.29) is 0 Å². The summed E-state index contributed by atoms with van der Waals surface area (Å²) >= 11 is 0.